The Morgan fingerprint density at radius 2 is 1.76 bits per heavy atom. The number of hydrogen-bond donors (Lipinski definition) is 1. The molecule has 2 aliphatic rings. The summed E-state index contributed by atoms with van der Waals surface area (Å²) >= 11 is 0. The lowest BCUT2D eigenvalue weighted by atomic mass is 10.1. The number of benzene rings is 1. The van der Waals surface area contributed by atoms with Gasteiger partial charge in [0, 0.05) is 45.0 Å². The first-order valence-electron chi connectivity index (χ1n) is 10.3. The number of carbonyl (C=O) groups excluding carboxylic acids is 1. The molecular weight excluding hydrogens is 365 g/mol. The van der Waals surface area contributed by atoms with Crippen LogP contribution in [0, 0.1) is 11.3 Å². The number of amides is 1. The van der Waals surface area contributed by atoms with Gasteiger partial charge in [-0.1, -0.05) is 0 Å². The van der Waals surface area contributed by atoms with E-state index >= 15 is 0 Å². The second-order valence-electron chi connectivity index (χ2n) is 7.77. The van der Waals surface area contributed by atoms with E-state index in [0.29, 0.717) is 0 Å². The van der Waals surface area contributed by atoms with Crippen molar-refractivity contribution in [3.8, 4) is 6.07 Å². The first-order valence-corrected chi connectivity index (χ1v) is 10.3. The molecule has 4 rings (SSSR count). The van der Waals surface area contributed by atoms with E-state index in [1.54, 1.807) is 0 Å². The Morgan fingerprint density at radius 1 is 1.00 bits per heavy atom. The molecule has 2 aromatic rings. The molecule has 1 N–H and O–H groups in total. The number of anilines is 3. The van der Waals surface area contributed by atoms with Crippen molar-refractivity contribution in [1.29, 1.82) is 5.26 Å². The second kappa shape index (κ2) is 8.58. The van der Waals surface area contributed by atoms with Gasteiger partial charge in [-0.2, -0.15) is 5.26 Å². The van der Waals surface area contributed by atoms with Gasteiger partial charge in [0.1, 0.15) is 6.07 Å². The number of hydrogen-bond acceptors (Lipinski definition) is 6. The van der Waals surface area contributed by atoms with Gasteiger partial charge in [0.15, 0.2) is 5.76 Å². The third-order valence-electron chi connectivity index (χ3n) is 5.73. The van der Waals surface area contributed by atoms with Gasteiger partial charge < -0.3 is 24.4 Å². The van der Waals surface area contributed by atoms with Gasteiger partial charge in [-0.15, -0.1) is 0 Å². The van der Waals surface area contributed by atoms with Crippen molar-refractivity contribution in [3.05, 3.63) is 41.9 Å². The number of nitrogens with zero attached hydrogens (tertiary/aromatic N) is 4. The summed E-state index contributed by atoms with van der Waals surface area (Å²) in [6, 6.07) is 11.2. The molecule has 2 saturated heterocycles. The second-order valence-corrected chi connectivity index (χ2v) is 7.77. The normalized spacial score (nSPS) is 17.8. The fraction of sp³-hybridized carbons (Fsp3) is 0.455. The Hall–Kier alpha value is -2.98. The zero-order valence-electron chi connectivity index (χ0n) is 16.9. The van der Waals surface area contributed by atoms with Crippen LogP contribution in [-0.2, 0) is 0 Å². The van der Waals surface area contributed by atoms with Crippen LogP contribution in [0.5, 0.6) is 0 Å². The maximum atomic E-state index is 12.7. The summed E-state index contributed by atoms with van der Waals surface area (Å²) < 4.78 is 5.28. The van der Waals surface area contributed by atoms with Gasteiger partial charge in [0.2, 0.25) is 5.76 Å². The predicted molar refractivity (Wildman–Crippen MR) is 114 cm³/mol. The topological polar surface area (TPSA) is 75.7 Å². The third-order valence-corrected chi connectivity index (χ3v) is 5.73. The molecule has 1 aromatic carbocycles. The van der Waals surface area contributed by atoms with E-state index in [-0.39, 0.29) is 17.4 Å². The van der Waals surface area contributed by atoms with Crippen molar-refractivity contribution in [2.24, 2.45) is 0 Å². The molecule has 1 aromatic heterocycles. The van der Waals surface area contributed by atoms with Crippen molar-refractivity contribution in [1.82, 2.24) is 4.90 Å². The molecule has 0 aliphatic carbocycles. The number of piperidine rings is 1. The van der Waals surface area contributed by atoms with Gasteiger partial charge >= 0.3 is 0 Å². The summed E-state index contributed by atoms with van der Waals surface area (Å²) in [7, 11) is 2.15. The van der Waals surface area contributed by atoms with Crippen LogP contribution >= 0.6 is 0 Å². The number of nitriles is 1. The van der Waals surface area contributed by atoms with Crippen LogP contribution in [0.3, 0.4) is 0 Å². The van der Waals surface area contributed by atoms with Crippen molar-refractivity contribution < 1.29 is 9.21 Å². The molecular formula is C22H27N5O2. The number of rotatable bonds is 4. The molecule has 0 unspecified atom stereocenters. The third kappa shape index (κ3) is 4.38. The molecule has 0 radical (unpaired) electrons. The molecule has 7 heteroatoms. The number of furan rings is 1. The van der Waals surface area contributed by atoms with Crippen LogP contribution < -0.4 is 15.1 Å². The lowest BCUT2D eigenvalue weighted by molar-refractivity contribution is 0.0996. The highest BCUT2D eigenvalue weighted by Gasteiger charge is 2.21. The lowest BCUT2D eigenvalue weighted by Crippen LogP contribution is -2.44. The molecule has 29 heavy (non-hydrogen) atoms. The van der Waals surface area contributed by atoms with Crippen LogP contribution in [0.1, 0.15) is 35.6 Å². The van der Waals surface area contributed by atoms with Crippen molar-refractivity contribution in [2.75, 3.05) is 61.4 Å². The summed E-state index contributed by atoms with van der Waals surface area (Å²) in [5.74, 6) is -0.0526. The first kappa shape index (κ1) is 19.3. The van der Waals surface area contributed by atoms with Gasteiger partial charge in [-0.05, 0) is 56.6 Å². The minimum atomic E-state index is -0.336. The molecule has 7 nitrogen and oxygen atoms in total. The minimum Gasteiger partial charge on any atom is -0.440 e. The number of nitrogens with one attached hydrogen (secondary N) is 1. The van der Waals surface area contributed by atoms with E-state index in [4.69, 9.17) is 9.68 Å². The molecule has 2 aliphatic heterocycles. The SMILES string of the molecule is [11CH3]N1CCN(c2ccc(NC(=O)c3ccc(C#N)o3)c(N3CCCCC3)c2)CC1. The van der Waals surface area contributed by atoms with Crippen LogP contribution in [-0.4, -0.2) is 57.1 Å². The Balaban J connectivity index is 1.59. The molecule has 0 spiro atoms. The summed E-state index contributed by atoms with van der Waals surface area (Å²) in [4.78, 5) is 19.8. The zero-order chi connectivity index (χ0) is 20.2. The van der Waals surface area contributed by atoms with Gasteiger partial charge in [0.25, 0.3) is 5.91 Å². The van der Waals surface area contributed by atoms with Crippen molar-refractivity contribution in [2.45, 2.75) is 19.3 Å². The maximum Gasteiger partial charge on any atom is 0.291 e. The van der Waals surface area contributed by atoms with Gasteiger partial charge in [0.05, 0.1) is 11.4 Å². The summed E-state index contributed by atoms with van der Waals surface area (Å²) in [6.45, 7) is 6.10. The average Bonchev–Trinajstić information content (AvgIpc) is 3.25. The van der Waals surface area contributed by atoms with E-state index < -0.39 is 0 Å². The molecule has 1 amide bonds. The Kier molecular flexibility index (Phi) is 5.72. The minimum absolute atomic E-state index is 0.136. The summed E-state index contributed by atoms with van der Waals surface area (Å²) in [6.07, 6.45) is 3.57. The average molecular weight is 392 g/mol. The zero-order valence-corrected chi connectivity index (χ0v) is 16.9. The quantitative estimate of drug-likeness (QED) is 0.862. The van der Waals surface area contributed by atoms with Gasteiger partial charge in [-0.3, -0.25) is 4.79 Å². The first-order chi connectivity index (χ1) is 14.1. The highest BCUT2D eigenvalue weighted by atomic mass is 16.3. The molecule has 0 bridgehead atoms. The Bertz CT molecular complexity index is 902. The Labute approximate surface area is 171 Å². The van der Waals surface area contributed by atoms with E-state index in [1.807, 2.05) is 12.1 Å². The lowest BCUT2D eigenvalue weighted by Gasteiger charge is -2.36. The monoisotopic (exact) mass is 392 g/mol. The highest BCUT2D eigenvalue weighted by molar-refractivity contribution is 6.04. The molecule has 0 atom stereocenters. The van der Waals surface area contributed by atoms with Crippen LogP contribution in [0.4, 0.5) is 17.1 Å². The molecule has 152 valence electrons. The van der Waals surface area contributed by atoms with Crippen LogP contribution in [0.25, 0.3) is 0 Å². The van der Waals surface area contributed by atoms with E-state index in [0.717, 1.165) is 63.5 Å². The molecule has 3 heterocycles. The van der Waals surface area contributed by atoms with Gasteiger partial charge in [-0.25, -0.2) is 0 Å². The fourth-order valence-corrected chi connectivity index (χ4v) is 3.99. The molecule has 2 fully saturated rings. The maximum absolute atomic E-state index is 12.7. The number of piperazine rings is 1. The highest BCUT2D eigenvalue weighted by Crippen LogP contribution is 2.33. The van der Waals surface area contributed by atoms with Crippen molar-refractivity contribution in [3.63, 3.8) is 0 Å². The predicted octanol–water partition coefficient (Wildman–Crippen LogP) is 3.15. The largest absolute Gasteiger partial charge is 0.440 e. The van der Waals surface area contributed by atoms with Crippen LogP contribution in [0.2, 0.25) is 0 Å². The fourth-order valence-electron chi connectivity index (χ4n) is 3.99. The number of carbonyl (C=O) groups is 1. The number of likely N-dealkylation sites (N-methyl/N-ethyl adjacent to an activating group) is 1. The molecule has 0 saturated carbocycles. The smallest absolute Gasteiger partial charge is 0.291 e. The van der Waals surface area contributed by atoms with E-state index in [2.05, 4.69) is 39.2 Å². The van der Waals surface area contributed by atoms with E-state index in [9.17, 15) is 4.79 Å². The van der Waals surface area contributed by atoms with E-state index in [1.165, 1.54) is 24.2 Å². The summed E-state index contributed by atoms with van der Waals surface area (Å²) in [5, 5.41) is 11.9. The summed E-state index contributed by atoms with van der Waals surface area (Å²) in [5.41, 5.74) is 3.03. The van der Waals surface area contributed by atoms with Crippen LogP contribution in [0.15, 0.2) is 34.7 Å². The Morgan fingerprint density at radius 3 is 2.45 bits per heavy atom. The standard InChI is InChI=1S/C22H27N5O2/c1-25-11-13-26(14-12-25)17-5-7-19(20(15-17)27-9-3-2-4-10-27)24-22(28)21-8-6-18(16-23)29-21/h5-8,15H,2-4,9-14H2,1H3,(H,24,28)/i1-1. The van der Waals surface area contributed by atoms with Crippen molar-refractivity contribution >= 4 is 23.0 Å².